The highest BCUT2D eigenvalue weighted by Crippen LogP contribution is 2.27. The van der Waals surface area contributed by atoms with Crippen LogP contribution >= 0.6 is 11.3 Å². The highest BCUT2D eigenvalue weighted by molar-refractivity contribution is 7.20. The number of nitrogens with zero attached hydrogens (tertiary/aromatic N) is 3. The third kappa shape index (κ3) is 2.09. The third-order valence-electron chi connectivity index (χ3n) is 3.39. The van der Waals surface area contributed by atoms with Crippen LogP contribution in [0.2, 0.25) is 0 Å². The van der Waals surface area contributed by atoms with Gasteiger partial charge >= 0.3 is 0 Å². The van der Waals surface area contributed by atoms with Crippen LogP contribution in [0.4, 0.5) is 5.00 Å². The Morgan fingerprint density at radius 2 is 1.95 bits per heavy atom. The van der Waals surface area contributed by atoms with E-state index in [1.165, 1.54) is 0 Å². The average Bonchev–Trinajstić information content (AvgIpc) is 3.22. The zero-order valence-electron chi connectivity index (χ0n) is 11.4. The van der Waals surface area contributed by atoms with E-state index in [9.17, 15) is 0 Å². The predicted molar refractivity (Wildman–Crippen MR) is 85.6 cm³/mol. The zero-order chi connectivity index (χ0) is 14.2. The summed E-state index contributed by atoms with van der Waals surface area (Å²) in [6.07, 6.45) is 7.61. The number of fused-ring (bicyclic) bond motifs is 1. The molecule has 1 aromatic carbocycles. The molecule has 104 valence electrons. The second-order valence-electron chi connectivity index (χ2n) is 4.70. The molecule has 4 aromatic rings. The van der Waals surface area contributed by atoms with E-state index >= 15 is 0 Å². The summed E-state index contributed by atoms with van der Waals surface area (Å²) in [6.45, 7) is 0. The Labute approximate surface area is 125 Å². The van der Waals surface area contributed by atoms with E-state index in [0.29, 0.717) is 0 Å². The molecule has 0 saturated heterocycles. The lowest BCUT2D eigenvalue weighted by atomic mass is 10.1. The molecule has 0 unspecified atom stereocenters. The Bertz CT molecular complexity index is 839. The molecule has 0 aliphatic heterocycles. The number of H-pyrrole nitrogens is 1. The van der Waals surface area contributed by atoms with E-state index in [2.05, 4.69) is 61.3 Å². The Kier molecular flexibility index (Phi) is 2.75. The van der Waals surface area contributed by atoms with Crippen LogP contribution in [0.5, 0.6) is 0 Å². The summed E-state index contributed by atoms with van der Waals surface area (Å²) >= 11 is 1.64. The van der Waals surface area contributed by atoms with Crippen molar-refractivity contribution in [1.29, 1.82) is 0 Å². The maximum Gasteiger partial charge on any atom is 0.196 e. The molecule has 0 amide bonds. The second-order valence-corrected chi connectivity index (χ2v) is 5.71. The quantitative estimate of drug-likeness (QED) is 0.608. The van der Waals surface area contributed by atoms with Gasteiger partial charge in [0.1, 0.15) is 5.00 Å². The van der Waals surface area contributed by atoms with Gasteiger partial charge in [0.05, 0.1) is 23.9 Å². The van der Waals surface area contributed by atoms with Crippen LogP contribution in [0.15, 0.2) is 49.2 Å². The van der Waals surface area contributed by atoms with E-state index in [0.717, 1.165) is 32.5 Å². The van der Waals surface area contributed by atoms with Gasteiger partial charge < -0.3 is 10.3 Å². The van der Waals surface area contributed by atoms with Gasteiger partial charge in [0.15, 0.2) is 4.96 Å². The first-order chi connectivity index (χ1) is 10.3. The molecule has 0 radical (unpaired) electrons. The molecule has 4 rings (SSSR count). The molecule has 6 heteroatoms. The SMILES string of the molecule is CNc1cn2cc(-c3ccc(-c4cnc[nH]4)cc3)nc2s1. The van der Waals surface area contributed by atoms with Crippen molar-refractivity contribution < 1.29 is 0 Å². The molecule has 0 bridgehead atoms. The number of thiazole rings is 1. The van der Waals surface area contributed by atoms with Gasteiger partial charge in [-0.15, -0.1) is 0 Å². The lowest BCUT2D eigenvalue weighted by Gasteiger charge is -2.00. The van der Waals surface area contributed by atoms with Crippen molar-refractivity contribution in [3.63, 3.8) is 0 Å². The van der Waals surface area contributed by atoms with E-state index in [1.54, 1.807) is 17.7 Å². The minimum absolute atomic E-state index is 0.986. The number of aromatic nitrogens is 4. The van der Waals surface area contributed by atoms with Gasteiger partial charge in [-0.05, 0) is 5.56 Å². The number of imidazole rings is 2. The lowest BCUT2D eigenvalue weighted by Crippen LogP contribution is -1.82. The molecule has 0 spiro atoms. The molecule has 3 aromatic heterocycles. The summed E-state index contributed by atoms with van der Waals surface area (Å²) in [5.41, 5.74) is 4.24. The number of anilines is 1. The summed E-state index contributed by atoms with van der Waals surface area (Å²) in [4.78, 5) is 12.8. The lowest BCUT2D eigenvalue weighted by molar-refractivity contribution is 1.23. The molecule has 5 nitrogen and oxygen atoms in total. The van der Waals surface area contributed by atoms with E-state index < -0.39 is 0 Å². The van der Waals surface area contributed by atoms with E-state index in [-0.39, 0.29) is 0 Å². The molecular formula is C15H13N5S. The molecule has 0 aliphatic carbocycles. The van der Waals surface area contributed by atoms with Crippen LogP contribution < -0.4 is 5.32 Å². The summed E-state index contributed by atoms with van der Waals surface area (Å²) in [7, 11) is 1.92. The van der Waals surface area contributed by atoms with Gasteiger partial charge in [-0.2, -0.15) is 0 Å². The minimum Gasteiger partial charge on any atom is -0.379 e. The van der Waals surface area contributed by atoms with Crippen LogP contribution in [0.1, 0.15) is 0 Å². The van der Waals surface area contributed by atoms with Gasteiger partial charge in [-0.1, -0.05) is 35.6 Å². The third-order valence-corrected chi connectivity index (χ3v) is 4.41. The standard InChI is InChI=1S/C15H13N5S/c1-16-14-8-20-7-13(19-15(20)21-14)11-4-2-10(3-5-11)12-6-17-9-18-12/h2-9,16H,1H3,(H,17,18). The Morgan fingerprint density at radius 3 is 2.62 bits per heavy atom. The minimum atomic E-state index is 0.986. The molecule has 0 atom stereocenters. The van der Waals surface area contributed by atoms with Gasteiger partial charge in [-0.3, -0.25) is 4.40 Å². The summed E-state index contributed by atoms with van der Waals surface area (Å²) < 4.78 is 2.05. The Hall–Kier alpha value is -2.60. The number of rotatable bonds is 3. The van der Waals surface area contributed by atoms with Crippen molar-refractivity contribution in [3.05, 3.63) is 49.2 Å². The highest BCUT2D eigenvalue weighted by Gasteiger charge is 2.08. The van der Waals surface area contributed by atoms with Crippen molar-refractivity contribution >= 4 is 21.3 Å². The number of benzene rings is 1. The molecule has 3 heterocycles. The van der Waals surface area contributed by atoms with Crippen molar-refractivity contribution in [3.8, 4) is 22.5 Å². The van der Waals surface area contributed by atoms with Crippen LogP contribution in [-0.4, -0.2) is 26.4 Å². The fraction of sp³-hybridized carbons (Fsp3) is 0.0667. The van der Waals surface area contributed by atoms with E-state index in [1.807, 2.05) is 13.2 Å². The van der Waals surface area contributed by atoms with Crippen molar-refractivity contribution in [1.82, 2.24) is 19.4 Å². The highest BCUT2D eigenvalue weighted by atomic mass is 32.1. The first-order valence-electron chi connectivity index (χ1n) is 6.59. The average molecular weight is 295 g/mol. The molecule has 0 saturated carbocycles. The topological polar surface area (TPSA) is 58.0 Å². The molecule has 21 heavy (non-hydrogen) atoms. The predicted octanol–water partition coefficient (Wildman–Crippen LogP) is 3.49. The van der Waals surface area contributed by atoms with Gasteiger partial charge in [0.2, 0.25) is 0 Å². The van der Waals surface area contributed by atoms with Gasteiger partial charge in [-0.25, -0.2) is 9.97 Å². The fourth-order valence-electron chi connectivity index (χ4n) is 2.28. The summed E-state index contributed by atoms with van der Waals surface area (Å²) in [5, 5.41) is 4.24. The maximum absolute atomic E-state index is 4.67. The zero-order valence-corrected chi connectivity index (χ0v) is 12.2. The summed E-state index contributed by atoms with van der Waals surface area (Å²) in [6, 6.07) is 8.33. The van der Waals surface area contributed by atoms with Gasteiger partial charge in [0, 0.05) is 25.0 Å². The van der Waals surface area contributed by atoms with Gasteiger partial charge in [0.25, 0.3) is 0 Å². The smallest absolute Gasteiger partial charge is 0.196 e. The summed E-state index contributed by atoms with van der Waals surface area (Å²) in [5.74, 6) is 0. The number of hydrogen-bond acceptors (Lipinski definition) is 4. The first kappa shape index (κ1) is 12.2. The molecule has 2 N–H and O–H groups in total. The van der Waals surface area contributed by atoms with Crippen molar-refractivity contribution in [2.45, 2.75) is 0 Å². The number of nitrogens with one attached hydrogen (secondary N) is 2. The normalized spacial score (nSPS) is 11.1. The maximum atomic E-state index is 4.67. The number of hydrogen-bond donors (Lipinski definition) is 2. The van der Waals surface area contributed by atoms with E-state index in [4.69, 9.17) is 0 Å². The molecule has 0 aliphatic rings. The van der Waals surface area contributed by atoms with Crippen LogP contribution in [0, 0.1) is 0 Å². The van der Waals surface area contributed by atoms with Crippen molar-refractivity contribution in [2.24, 2.45) is 0 Å². The fourth-order valence-corrected chi connectivity index (χ4v) is 3.10. The van der Waals surface area contributed by atoms with Crippen LogP contribution in [0.3, 0.4) is 0 Å². The number of aromatic amines is 1. The largest absolute Gasteiger partial charge is 0.379 e. The second kappa shape index (κ2) is 4.75. The monoisotopic (exact) mass is 295 g/mol. The van der Waals surface area contributed by atoms with Crippen molar-refractivity contribution in [2.75, 3.05) is 12.4 Å². The molecule has 0 fully saturated rings. The van der Waals surface area contributed by atoms with Crippen LogP contribution in [-0.2, 0) is 0 Å². The Balaban J connectivity index is 1.69. The first-order valence-corrected chi connectivity index (χ1v) is 7.40. The molecular weight excluding hydrogens is 282 g/mol. The van der Waals surface area contributed by atoms with Crippen LogP contribution in [0.25, 0.3) is 27.5 Å². The Morgan fingerprint density at radius 1 is 1.14 bits per heavy atom.